The fourth-order valence-corrected chi connectivity index (χ4v) is 3.61. The van der Waals surface area contributed by atoms with Crippen LogP contribution in [0, 0.1) is 0 Å². The van der Waals surface area contributed by atoms with E-state index in [2.05, 4.69) is 22.1 Å². The molecule has 6 nitrogen and oxygen atoms in total. The maximum atomic E-state index is 11.7. The lowest BCUT2D eigenvalue weighted by Gasteiger charge is -2.23. The number of hydrogen-bond donors (Lipinski definition) is 1. The molecule has 0 spiro atoms. The lowest BCUT2D eigenvalue weighted by atomic mass is 10.2. The molecular weight excluding hydrogens is 324 g/mol. The number of benzene rings is 1. The number of anilines is 1. The molecule has 126 valence electrons. The van der Waals surface area contributed by atoms with E-state index in [4.69, 9.17) is 10.5 Å². The number of hydrogen-bond acceptors (Lipinski definition) is 6. The summed E-state index contributed by atoms with van der Waals surface area (Å²) >= 11 is 1.64. The van der Waals surface area contributed by atoms with Gasteiger partial charge < -0.3 is 15.4 Å². The molecule has 1 fully saturated rings. The van der Waals surface area contributed by atoms with Crippen LogP contribution in [0.5, 0.6) is 0 Å². The fourth-order valence-electron chi connectivity index (χ4n) is 2.79. The van der Waals surface area contributed by atoms with Crippen molar-refractivity contribution < 1.29 is 9.53 Å². The van der Waals surface area contributed by atoms with Gasteiger partial charge in [-0.25, -0.2) is 9.97 Å². The van der Waals surface area contributed by atoms with Gasteiger partial charge in [-0.2, -0.15) is 0 Å². The lowest BCUT2D eigenvalue weighted by molar-refractivity contribution is -0.119. The van der Waals surface area contributed by atoms with E-state index in [1.807, 2.05) is 29.2 Å². The van der Waals surface area contributed by atoms with Crippen LogP contribution in [0.1, 0.15) is 12.0 Å². The van der Waals surface area contributed by atoms with Gasteiger partial charge in [-0.1, -0.05) is 30.3 Å². The van der Waals surface area contributed by atoms with Crippen LogP contribution >= 0.6 is 11.8 Å². The van der Waals surface area contributed by atoms with E-state index < -0.39 is 6.04 Å². The summed E-state index contributed by atoms with van der Waals surface area (Å²) in [6.45, 7) is 0.601. The van der Waals surface area contributed by atoms with Gasteiger partial charge in [-0.05, 0) is 5.56 Å². The van der Waals surface area contributed by atoms with Crippen LogP contribution in [0.15, 0.2) is 47.8 Å². The summed E-state index contributed by atoms with van der Waals surface area (Å²) in [4.78, 5) is 22.3. The lowest BCUT2D eigenvalue weighted by Crippen LogP contribution is -2.40. The number of rotatable bonds is 6. The van der Waals surface area contributed by atoms with E-state index in [9.17, 15) is 4.79 Å². The second kappa shape index (κ2) is 7.63. The number of amides is 1. The Kier molecular flexibility index (Phi) is 5.32. The van der Waals surface area contributed by atoms with Crippen molar-refractivity contribution in [3.8, 4) is 0 Å². The number of methoxy groups -OCH3 is 1. The summed E-state index contributed by atoms with van der Waals surface area (Å²) in [5, 5.41) is 0.868. The van der Waals surface area contributed by atoms with Gasteiger partial charge in [0, 0.05) is 31.9 Å². The van der Waals surface area contributed by atoms with Gasteiger partial charge >= 0.3 is 0 Å². The van der Waals surface area contributed by atoms with Gasteiger partial charge in [0.05, 0.1) is 6.10 Å². The van der Waals surface area contributed by atoms with Crippen molar-refractivity contribution in [1.82, 2.24) is 9.97 Å². The molecule has 2 heterocycles. The fraction of sp³-hybridized carbons (Fsp3) is 0.353. The molecule has 2 N–H and O–H groups in total. The predicted octanol–water partition coefficient (Wildman–Crippen LogP) is 1.85. The van der Waals surface area contributed by atoms with Crippen LogP contribution in [0.25, 0.3) is 0 Å². The Morgan fingerprint density at radius 2 is 2.17 bits per heavy atom. The van der Waals surface area contributed by atoms with Crippen molar-refractivity contribution in [3.63, 3.8) is 0 Å². The zero-order valence-corrected chi connectivity index (χ0v) is 14.3. The molecule has 1 aliphatic rings. The molecule has 1 aromatic heterocycles. The van der Waals surface area contributed by atoms with Gasteiger partial charge in [0.2, 0.25) is 5.91 Å². The largest absolute Gasteiger partial charge is 0.380 e. The summed E-state index contributed by atoms with van der Waals surface area (Å²) in [6, 6.07) is 11.7. The summed E-state index contributed by atoms with van der Waals surface area (Å²) in [5.41, 5.74) is 6.76. The first-order valence-corrected chi connectivity index (χ1v) is 8.73. The molecule has 3 rings (SSSR count). The van der Waals surface area contributed by atoms with Crippen molar-refractivity contribution >= 4 is 23.5 Å². The van der Waals surface area contributed by atoms with E-state index in [1.165, 1.54) is 11.9 Å². The third-order valence-electron chi connectivity index (χ3n) is 4.08. The molecule has 1 saturated heterocycles. The summed E-state index contributed by atoms with van der Waals surface area (Å²) in [5.74, 6) is 1.19. The topological polar surface area (TPSA) is 81.3 Å². The predicted molar refractivity (Wildman–Crippen MR) is 93.8 cm³/mol. The molecule has 7 heteroatoms. The molecule has 0 bridgehead atoms. The van der Waals surface area contributed by atoms with Crippen molar-refractivity contribution in [3.05, 3.63) is 48.3 Å². The molecule has 0 saturated carbocycles. The van der Waals surface area contributed by atoms with E-state index in [0.29, 0.717) is 18.8 Å². The van der Waals surface area contributed by atoms with Crippen LogP contribution in [-0.4, -0.2) is 41.7 Å². The Hall–Kier alpha value is -2.12. The number of nitrogens with zero attached hydrogens (tertiary/aromatic N) is 3. The van der Waals surface area contributed by atoms with Crippen LogP contribution in [-0.2, 0) is 15.3 Å². The van der Waals surface area contributed by atoms with Crippen LogP contribution in [0.4, 0.5) is 5.82 Å². The zero-order valence-electron chi connectivity index (χ0n) is 13.5. The van der Waals surface area contributed by atoms with Crippen LogP contribution in [0.2, 0.25) is 0 Å². The highest BCUT2D eigenvalue weighted by Gasteiger charge is 2.36. The van der Waals surface area contributed by atoms with E-state index >= 15 is 0 Å². The van der Waals surface area contributed by atoms with E-state index in [1.54, 1.807) is 18.9 Å². The smallest absolute Gasteiger partial charge is 0.240 e. The summed E-state index contributed by atoms with van der Waals surface area (Å²) < 4.78 is 5.38. The van der Waals surface area contributed by atoms with Gasteiger partial charge in [-0.15, -0.1) is 11.8 Å². The second-order valence-corrected chi connectivity index (χ2v) is 6.65. The van der Waals surface area contributed by atoms with E-state index in [0.717, 1.165) is 10.8 Å². The zero-order chi connectivity index (χ0) is 16.9. The van der Waals surface area contributed by atoms with E-state index in [-0.39, 0.29) is 12.0 Å². The van der Waals surface area contributed by atoms with Crippen molar-refractivity contribution in [1.29, 1.82) is 0 Å². The second-order valence-electron chi connectivity index (χ2n) is 5.65. The maximum absolute atomic E-state index is 11.7. The summed E-state index contributed by atoms with van der Waals surface area (Å²) in [7, 11) is 1.65. The minimum Gasteiger partial charge on any atom is -0.380 e. The third kappa shape index (κ3) is 3.85. The quantitative estimate of drug-likeness (QED) is 0.636. The Balaban J connectivity index is 1.73. The molecule has 1 aromatic carbocycles. The normalized spacial score (nSPS) is 20.3. The minimum absolute atomic E-state index is 0.0158. The number of carbonyl (C=O) groups is 1. The molecular formula is C17H20N4O2S. The van der Waals surface area contributed by atoms with Crippen LogP contribution < -0.4 is 10.6 Å². The standard InChI is InChI=1S/C17H20N4O2S/c1-23-13-7-14(17(18)22)21(9-13)15-8-16(20-11-19-15)24-10-12-5-3-2-4-6-12/h2-6,8,11,13-14H,7,9-10H2,1H3,(H2,18,22)/t13-,14-/m0/s1. The monoisotopic (exact) mass is 344 g/mol. The molecule has 2 aromatic rings. The molecule has 0 radical (unpaired) electrons. The first-order valence-electron chi connectivity index (χ1n) is 7.75. The molecule has 24 heavy (non-hydrogen) atoms. The highest BCUT2D eigenvalue weighted by molar-refractivity contribution is 7.98. The number of primary amides is 1. The Labute approximate surface area is 145 Å². The highest BCUT2D eigenvalue weighted by Crippen LogP contribution is 2.28. The molecule has 0 aliphatic carbocycles. The van der Waals surface area contributed by atoms with Crippen molar-refractivity contribution in [2.45, 2.75) is 29.3 Å². The SMILES string of the molecule is CO[C@H]1C[C@@H](C(N)=O)N(c2cc(SCc3ccccc3)ncn2)C1. The number of ether oxygens (including phenoxy) is 1. The molecule has 1 amide bonds. The Morgan fingerprint density at radius 3 is 2.88 bits per heavy atom. The van der Waals surface area contributed by atoms with Crippen molar-refractivity contribution in [2.75, 3.05) is 18.6 Å². The number of carbonyl (C=O) groups excluding carboxylic acids is 1. The third-order valence-corrected chi connectivity index (χ3v) is 5.07. The Bertz CT molecular complexity index is 698. The number of thioether (sulfide) groups is 1. The highest BCUT2D eigenvalue weighted by atomic mass is 32.2. The van der Waals surface area contributed by atoms with Gasteiger partial charge in [-0.3, -0.25) is 4.79 Å². The van der Waals surface area contributed by atoms with Crippen molar-refractivity contribution in [2.24, 2.45) is 5.73 Å². The average Bonchev–Trinajstić information content (AvgIpc) is 3.06. The maximum Gasteiger partial charge on any atom is 0.240 e. The first-order chi connectivity index (χ1) is 11.7. The molecule has 2 atom stereocenters. The Morgan fingerprint density at radius 1 is 1.38 bits per heavy atom. The van der Waals surface area contributed by atoms with Gasteiger partial charge in [0.15, 0.2) is 0 Å². The number of aromatic nitrogens is 2. The van der Waals surface area contributed by atoms with Gasteiger partial charge in [0.1, 0.15) is 23.2 Å². The minimum atomic E-state index is -0.392. The number of nitrogens with two attached hydrogens (primary N) is 1. The summed E-state index contributed by atoms with van der Waals surface area (Å²) in [6.07, 6.45) is 2.10. The van der Waals surface area contributed by atoms with Crippen LogP contribution in [0.3, 0.4) is 0 Å². The molecule has 1 aliphatic heterocycles. The molecule has 0 unspecified atom stereocenters. The average molecular weight is 344 g/mol. The first kappa shape index (κ1) is 16.7. The van der Waals surface area contributed by atoms with Gasteiger partial charge in [0.25, 0.3) is 0 Å².